The summed E-state index contributed by atoms with van der Waals surface area (Å²) in [6, 6.07) is 0. The van der Waals surface area contributed by atoms with Crippen molar-refractivity contribution in [3.63, 3.8) is 0 Å². The Morgan fingerprint density at radius 3 is 2.71 bits per heavy atom. The van der Waals surface area contributed by atoms with E-state index in [9.17, 15) is 13.6 Å². The van der Waals surface area contributed by atoms with Crippen LogP contribution in [0, 0.1) is 0 Å². The molecule has 94 valence electrons. The summed E-state index contributed by atoms with van der Waals surface area (Å²) in [7, 11) is 1.23. The lowest BCUT2D eigenvalue weighted by Crippen LogP contribution is -2.11. The summed E-state index contributed by atoms with van der Waals surface area (Å²) >= 11 is 0. The Bertz CT molecular complexity index is 424. The summed E-state index contributed by atoms with van der Waals surface area (Å²) < 4.78 is 30.6. The first-order valence-corrected chi connectivity index (χ1v) is 4.75. The number of nitrogens with zero attached hydrogens (tertiary/aromatic N) is 1. The number of carbonyl (C=O) groups is 1. The van der Waals surface area contributed by atoms with E-state index in [0.717, 1.165) is 0 Å². The number of alkyl halides is 2. The average molecular weight is 246 g/mol. The standard InChI is InChI=1S/C10H12F2N2O3/c1-17-9-5(3-13)4-14-6(2-7(15)16)8(9)10(11)12/h4,10H,2-3,13H2,1H3,(H,15,16). The van der Waals surface area contributed by atoms with Crippen LogP contribution in [0.2, 0.25) is 0 Å². The van der Waals surface area contributed by atoms with Crippen molar-refractivity contribution < 1.29 is 23.4 Å². The summed E-state index contributed by atoms with van der Waals surface area (Å²) in [6.07, 6.45) is -2.19. The molecule has 0 aliphatic carbocycles. The molecule has 0 radical (unpaired) electrons. The number of rotatable bonds is 5. The zero-order valence-electron chi connectivity index (χ0n) is 9.11. The van der Waals surface area contributed by atoms with Crippen LogP contribution in [0.15, 0.2) is 6.20 Å². The molecule has 0 aliphatic heterocycles. The molecule has 0 amide bonds. The second-order valence-electron chi connectivity index (χ2n) is 3.25. The van der Waals surface area contributed by atoms with Crippen molar-refractivity contribution in [3.05, 3.63) is 23.0 Å². The molecule has 3 N–H and O–H groups in total. The molecule has 0 saturated heterocycles. The molecule has 0 spiro atoms. The van der Waals surface area contributed by atoms with Gasteiger partial charge in [0.2, 0.25) is 0 Å². The van der Waals surface area contributed by atoms with Gasteiger partial charge in [0.25, 0.3) is 6.43 Å². The molecule has 7 heteroatoms. The fraction of sp³-hybridized carbons (Fsp3) is 0.400. The van der Waals surface area contributed by atoms with E-state index in [-0.39, 0.29) is 18.0 Å². The molecule has 17 heavy (non-hydrogen) atoms. The van der Waals surface area contributed by atoms with E-state index in [1.54, 1.807) is 0 Å². The van der Waals surface area contributed by atoms with E-state index < -0.39 is 24.4 Å². The predicted molar refractivity (Wildman–Crippen MR) is 55.0 cm³/mol. The lowest BCUT2D eigenvalue weighted by atomic mass is 10.1. The second kappa shape index (κ2) is 5.53. The molecular formula is C10H12F2N2O3. The van der Waals surface area contributed by atoms with E-state index >= 15 is 0 Å². The van der Waals surface area contributed by atoms with Gasteiger partial charge in [-0.15, -0.1) is 0 Å². The van der Waals surface area contributed by atoms with E-state index in [1.165, 1.54) is 13.3 Å². The minimum absolute atomic E-state index is 0.0107. The molecule has 0 bridgehead atoms. The third-order valence-electron chi connectivity index (χ3n) is 2.18. The van der Waals surface area contributed by atoms with Crippen molar-refractivity contribution in [1.29, 1.82) is 0 Å². The Morgan fingerprint density at radius 1 is 1.65 bits per heavy atom. The third-order valence-corrected chi connectivity index (χ3v) is 2.18. The molecular weight excluding hydrogens is 234 g/mol. The van der Waals surface area contributed by atoms with Gasteiger partial charge in [0.1, 0.15) is 5.75 Å². The van der Waals surface area contributed by atoms with Crippen LogP contribution in [0.25, 0.3) is 0 Å². The van der Waals surface area contributed by atoms with Crippen LogP contribution in [0.4, 0.5) is 8.78 Å². The van der Waals surface area contributed by atoms with Crippen molar-refractivity contribution in [1.82, 2.24) is 4.98 Å². The minimum Gasteiger partial charge on any atom is -0.496 e. The Balaban J connectivity index is 3.36. The van der Waals surface area contributed by atoms with Gasteiger partial charge in [0, 0.05) is 18.3 Å². The molecule has 0 fully saturated rings. The summed E-state index contributed by atoms with van der Waals surface area (Å²) in [5.41, 5.74) is 4.97. The number of hydrogen-bond acceptors (Lipinski definition) is 4. The molecule has 1 heterocycles. The number of aliphatic carboxylic acids is 1. The highest BCUT2D eigenvalue weighted by molar-refractivity contribution is 5.70. The number of carboxylic acids is 1. The van der Waals surface area contributed by atoms with E-state index in [2.05, 4.69) is 4.98 Å². The molecule has 0 unspecified atom stereocenters. The van der Waals surface area contributed by atoms with Crippen molar-refractivity contribution in [2.75, 3.05) is 7.11 Å². The maximum atomic E-state index is 12.9. The zero-order valence-corrected chi connectivity index (χ0v) is 9.11. The van der Waals surface area contributed by atoms with Gasteiger partial charge < -0.3 is 15.6 Å². The number of halogens is 2. The number of hydrogen-bond donors (Lipinski definition) is 2. The number of aromatic nitrogens is 1. The first kappa shape index (κ1) is 13.3. The lowest BCUT2D eigenvalue weighted by Gasteiger charge is -2.14. The number of nitrogens with two attached hydrogens (primary N) is 1. The van der Waals surface area contributed by atoms with Gasteiger partial charge in [-0.05, 0) is 0 Å². The lowest BCUT2D eigenvalue weighted by molar-refractivity contribution is -0.136. The Morgan fingerprint density at radius 2 is 2.29 bits per heavy atom. The number of methoxy groups -OCH3 is 1. The van der Waals surface area contributed by atoms with Crippen LogP contribution in [0.1, 0.15) is 23.2 Å². The first-order chi connectivity index (χ1) is 8.01. The van der Waals surface area contributed by atoms with Gasteiger partial charge in [-0.2, -0.15) is 0 Å². The van der Waals surface area contributed by atoms with Crippen molar-refractivity contribution in [3.8, 4) is 5.75 Å². The fourth-order valence-corrected chi connectivity index (χ4v) is 1.48. The molecule has 1 aromatic rings. The van der Waals surface area contributed by atoms with Crippen LogP contribution in [-0.2, 0) is 17.8 Å². The van der Waals surface area contributed by atoms with E-state index in [0.29, 0.717) is 5.56 Å². The number of pyridine rings is 1. The molecule has 5 nitrogen and oxygen atoms in total. The predicted octanol–water partition coefficient (Wildman–Crippen LogP) is 1.11. The highest BCUT2D eigenvalue weighted by Gasteiger charge is 2.23. The SMILES string of the molecule is COc1c(CN)cnc(CC(=O)O)c1C(F)F. The summed E-state index contributed by atoms with van der Waals surface area (Å²) in [4.78, 5) is 14.2. The highest BCUT2D eigenvalue weighted by atomic mass is 19.3. The number of carboxylic acid groups (broad SMARTS) is 1. The van der Waals surface area contributed by atoms with Crippen molar-refractivity contribution in [2.45, 2.75) is 19.4 Å². The van der Waals surface area contributed by atoms with E-state index in [4.69, 9.17) is 15.6 Å². The average Bonchev–Trinajstić information content (AvgIpc) is 2.26. The van der Waals surface area contributed by atoms with Crippen LogP contribution >= 0.6 is 0 Å². The molecule has 0 saturated carbocycles. The quantitative estimate of drug-likeness (QED) is 0.812. The number of ether oxygens (including phenoxy) is 1. The van der Waals surface area contributed by atoms with Crippen LogP contribution in [-0.4, -0.2) is 23.2 Å². The zero-order chi connectivity index (χ0) is 13.0. The fourth-order valence-electron chi connectivity index (χ4n) is 1.48. The van der Waals surface area contributed by atoms with Crippen LogP contribution in [0.5, 0.6) is 5.75 Å². The van der Waals surface area contributed by atoms with Gasteiger partial charge >= 0.3 is 5.97 Å². The third kappa shape index (κ3) is 2.88. The monoisotopic (exact) mass is 246 g/mol. The molecule has 0 aromatic carbocycles. The van der Waals surface area contributed by atoms with Gasteiger partial charge in [0.15, 0.2) is 0 Å². The van der Waals surface area contributed by atoms with Crippen LogP contribution < -0.4 is 10.5 Å². The Labute approximate surface area is 96.2 Å². The van der Waals surface area contributed by atoms with E-state index in [1.807, 2.05) is 0 Å². The van der Waals surface area contributed by atoms with Gasteiger partial charge in [0.05, 0.1) is 24.8 Å². The maximum absolute atomic E-state index is 12.9. The molecule has 0 atom stereocenters. The largest absolute Gasteiger partial charge is 0.496 e. The summed E-state index contributed by atoms with van der Waals surface area (Å²) in [5.74, 6) is -1.32. The van der Waals surface area contributed by atoms with Gasteiger partial charge in [-0.3, -0.25) is 9.78 Å². The minimum atomic E-state index is -2.86. The molecule has 1 rings (SSSR count). The van der Waals surface area contributed by atoms with Gasteiger partial charge in [-0.1, -0.05) is 0 Å². The van der Waals surface area contributed by atoms with Crippen LogP contribution in [0.3, 0.4) is 0 Å². The summed E-state index contributed by atoms with van der Waals surface area (Å²) in [6.45, 7) is -0.0107. The smallest absolute Gasteiger partial charge is 0.309 e. The van der Waals surface area contributed by atoms with Crippen molar-refractivity contribution >= 4 is 5.97 Å². The topological polar surface area (TPSA) is 85.4 Å². The molecule has 0 aliphatic rings. The van der Waals surface area contributed by atoms with Gasteiger partial charge in [-0.25, -0.2) is 8.78 Å². The second-order valence-corrected chi connectivity index (χ2v) is 3.25. The Hall–Kier alpha value is -1.76. The first-order valence-electron chi connectivity index (χ1n) is 4.75. The highest BCUT2D eigenvalue weighted by Crippen LogP contribution is 2.34. The maximum Gasteiger partial charge on any atom is 0.309 e. The molecule has 1 aromatic heterocycles. The summed E-state index contributed by atoms with van der Waals surface area (Å²) in [5, 5.41) is 8.61. The Kier molecular flexibility index (Phi) is 4.33. The normalized spacial score (nSPS) is 10.6. The van der Waals surface area contributed by atoms with Crippen molar-refractivity contribution in [2.24, 2.45) is 5.73 Å².